The monoisotopic (exact) mass is 269 g/mol. The molecule has 1 unspecified atom stereocenters. The minimum Gasteiger partial charge on any atom is -0.459 e. The van der Waals surface area contributed by atoms with Crippen LogP contribution in [0.15, 0.2) is 34.7 Å². The molecule has 0 amide bonds. The highest BCUT2D eigenvalue weighted by atomic mass is 16.3. The molecule has 1 heterocycles. The molecule has 2 heteroatoms. The molecular weight excluding hydrogens is 246 g/mol. The number of hydrogen-bond acceptors (Lipinski definition) is 2. The fraction of sp³-hybridized carbons (Fsp3) is 0.444. The van der Waals surface area contributed by atoms with E-state index in [1.807, 2.05) is 7.05 Å². The van der Waals surface area contributed by atoms with Gasteiger partial charge in [-0.25, -0.2) is 0 Å². The van der Waals surface area contributed by atoms with Crippen molar-refractivity contribution in [2.24, 2.45) is 0 Å². The lowest BCUT2D eigenvalue weighted by molar-refractivity contribution is 0.431. The average Bonchev–Trinajstić information content (AvgIpc) is 2.97. The molecule has 106 valence electrons. The Labute approximate surface area is 121 Å². The van der Waals surface area contributed by atoms with Gasteiger partial charge in [0.1, 0.15) is 11.5 Å². The molecule has 1 N–H and O–H groups in total. The predicted molar refractivity (Wildman–Crippen MR) is 82.9 cm³/mol. The maximum atomic E-state index is 6.12. The van der Waals surface area contributed by atoms with Crippen LogP contribution in [0.2, 0.25) is 0 Å². The van der Waals surface area contributed by atoms with E-state index >= 15 is 0 Å². The number of furan rings is 1. The van der Waals surface area contributed by atoms with Crippen molar-refractivity contribution in [3.05, 3.63) is 47.2 Å². The first-order valence-corrected chi connectivity index (χ1v) is 7.71. The predicted octanol–water partition coefficient (Wildman–Crippen LogP) is 4.50. The van der Waals surface area contributed by atoms with Crippen molar-refractivity contribution in [1.29, 1.82) is 0 Å². The summed E-state index contributed by atoms with van der Waals surface area (Å²) in [4.78, 5) is 0. The molecule has 3 rings (SSSR count). The second-order valence-electron chi connectivity index (χ2n) is 5.60. The normalized spacial score (nSPS) is 15.9. The lowest BCUT2D eigenvalue weighted by Crippen LogP contribution is -2.14. The van der Waals surface area contributed by atoms with Crippen LogP contribution in [0.5, 0.6) is 0 Å². The number of hydrogen-bond donors (Lipinski definition) is 1. The summed E-state index contributed by atoms with van der Waals surface area (Å²) in [7, 11) is 1.99. The van der Waals surface area contributed by atoms with Gasteiger partial charge in [0.05, 0.1) is 6.04 Å². The highest BCUT2D eigenvalue weighted by Gasteiger charge is 2.17. The molecule has 0 radical (unpaired) electrons. The Balaban J connectivity index is 1.97. The molecule has 1 aliphatic carbocycles. The van der Waals surface area contributed by atoms with E-state index in [4.69, 9.17) is 4.42 Å². The van der Waals surface area contributed by atoms with E-state index in [0.29, 0.717) is 6.04 Å². The first-order chi connectivity index (χ1) is 9.83. The van der Waals surface area contributed by atoms with Crippen LogP contribution in [0.1, 0.15) is 49.1 Å². The average molecular weight is 269 g/mol. The molecule has 0 fully saturated rings. The quantitative estimate of drug-likeness (QED) is 0.884. The van der Waals surface area contributed by atoms with Crippen LogP contribution in [0.25, 0.3) is 11.3 Å². The van der Waals surface area contributed by atoms with Gasteiger partial charge in [0.2, 0.25) is 0 Å². The lowest BCUT2D eigenvalue weighted by atomic mass is 9.87. The smallest absolute Gasteiger partial charge is 0.134 e. The van der Waals surface area contributed by atoms with Crippen LogP contribution in [-0.4, -0.2) is 7.05 Å². The SMILES string of the molecule is CCC(NC)c1ccc(-c2cccc3c2CCCC3)o1. The number of benzene rings is 1. The van der Waals surface area contributed by atoms with E-state index in [1.165, 1.54) is 42.4 Å². The Morgan fingerprint density at radius 3 is 2.80 bits per heavy atom. The second kappa shape index (κ2) is 5.84. The summed E-state index contributed by atoms with van der Waals surface area (Å²) in [6, 6.07) is 11.2. The molecule has 0 saturated heterocycles. The molecule has 20 heavy (non-hydrogen) atoms. The molecule has 0 spiro atoms. The van der Waals surface area contributed by atoms with Crippen molar-refractivity contribution in [2.75, 3.05) is 7.05 Å². The zero-order chi connectivity index (χ0) is 13.9. The Kier molecular flexibility index (Phi) is 3.93. The maximum Gasteiger partial charge on any atom is 0.134 e. The summed E-state index contributed by atoms with van der Waals surface area (Å²) in [6.45, 7) is 2.17. The zero-order valence-electron chi connectivity index (χ0n) is 12.4. The van der Waals surface area contributed by atoms with Gasteiger partial charge >= 0.3 is 0 Å². The van der Waals surface area contributed by atoms with Gasteiger partial charge in [-0.15, -0.1) is 0 Å². The Morgan fingerprint density at radius 1 is 1.15 bits per heavy atom. The number of fused-ring (bicyclic) bond motifs is 1. The van der Waals surface area contributed by atoms with Crippen molar-refractivity contribution in [2.45, 2.75) is 45.1 Å². The van der Waals surface area contributed by atoms with Gasteiger partial charge in [-0.3, -0.25) is 0 Å². The molecule has 1 aliphatic rings. The standard InChI is InChI=1S/C18H23NO/c1-3-16(19-2)18-12-11-17(20-18)15-10-6-8-13-7-4-5-9-14(13)15/h6,8,10-12,16,19H,3-5,7,9H2,1-2H3. The first kappa shape index (κ1) is 13.4. The molecule has 1 aromatic carbocycles. The molecule has 0 bridgehead atoms. The first-order valence-electron chi connectivity index (χ1n) is 7.71. The van der Waals surface area contributed by atoms with E-state index in [-0.39, 0.29) is 0 Å². The van der Waals surface area contributed by atoms with Gasteiger partial charge in [-0.05, 0) is 62.4 Å². The fourth-order valence-electron chi connectivity index (χ4n) is 3.24. The second-order valence-corrected chi connectivity index (χ2v) is 5.60. The molecule has 0 saturated carbocycles. The van der Waals surface area contributed by atoms with Crippen molar-refractivity contribution in [3.63, 3.8) is 0 Å². The Bertz CT molecular complexity index is 581. The summed E-state index contributed by atoms with van der Waals surface area (Å²) in [6.07, 6.45) is 6.05. The van der Waals surface area contributed by atoms with Gasteiger partial charge in [-0.1, -0.05) is 25.1 Å². The van der Waals surface area contributed by atoms with Gasteiger partial charge < -0.3 is 9.73 Å². The number of nitrogens with one attached hydrogen (secondary N) is 1. The third-order valence-corrected chi connectivity index (χ3v) is 4.39. The highest BCUT2D eigenvalue weighted by Crippen LogP contribution is 2.33. The van der Waals surface area contributed by atoms with E-state index in [1.54, 1.807) is 0 Å². The van der Waals surface area contributed by atoms with Crippen molar-refractivity contribution in [1.82, 2.24) is 5.32 Å². The summed E-state index contributed by atoms with van der Waals surface area (Å²) >= 11 is 0. The lowest BCUT2D eigenvalue weighted by Gasteiger charge is -2.18. The number of aryl methyl sites for hydroxylation is 1. The van der Waals surface area contributed by atoms with Crippen LogP contribution >= 0.6 is 0 Å². The minimum absolute atomic E-state index is 0.309. The van der Waals surface area contributed by atoms with E-state index in [9.17, 15) is 0 Å². The third-order valence-electron chi connectivity index (χ3n) is 4.39. The minimum atomic E-state index is 0.309. The fourth-order valence-corrected chi connectivity index (χ4v) is 3.24. The third kappa shape index (κ3) is 2.40. The molecule has 2 nitrogen and oxygen atoms in total. The van der Waals surface area contributed by atoms with Crippen molar-refractivity contribution in [3.8, 4) is 11.3 Å². The zero-order valence-corrected chi connectivity index (χ0v) is 12.4. The maximum absolute atomic E-state index is 6.12. The van der Waals surface area contributed by atoms with Crippen LogP contribution in [0.3, 0.4) is 0 Å². The molecule has 2 aromatic rings. The van der Waals surface area contributed by atoms with Crippen LogP contribution in [0.4, 0.5) is 0 Å². The van der Waals surface area contributed by atoms with Gasteiger partial charge in [0.15, 0.2) is 0 Å². The molecule has 1 aromatic heterocycles. The molecular formula is C18H23NO. The molecule has 0 aliphatic heterocycles. The summed E-state index contributed by atoms with van der Waals surface area (Å²) in [5, 5.41) is 3.30. The molecule has 1 atom stereocenters. The van der Waals surface area contributed by atoms with E-state index in [2.05, 4.69) is 42.6 Å². The Morgan fingerprint density at radius 2 is 2.00 bits per heavy atom. The van der Waals surface area contributed by atoms with E-state index in [0.717, 1.165) is 17.9 Å². The van der Waals surface area contributed by atoms with Crippen LogP contribution in [-0.2, 0) is 12.8 Å². The number of rotatable bonds is 4. The summed E-state index contributed by atoms with van der Waals surface area (Å²) in [5.41, 5.74) is 4.30. The highest BCUT2D eigenvalue weighted by molar-refractivity contribution is 5.64. The van der Waals surface area contributed by atoms with Gasteiger partial charge in [-0.2, -0.15) is 0 Å². The van der Waals surface area contributed by atoms with Crippen molar-refractivity contribution >= 4 is 0 Å². The topological polar surface area (TPSA) is 25.2 Å². The van der Waals surface area contributed by atoms with Gasteiger partial charge in [0, 0.05) is 5.56 Å². The Hall–Kier alpha value is -1.54. The summed E-state index contributed by atoms with van der Waals surface area (Å²) < 4.78 is 6.12. The van der Waals surface area contributed by atoms with E-state index < -0.39 is 0 Å². The summed E-state index contributed by atoms with van der Waals surface area (Å²) in [5.74, 6) is 2.06. The van der Waals surface area contributed by atoms with Crippen molar-refractivity contribution < 1.29 is 4.42 Å². The van der Waals surface area contributed by atoms with Crippen LogP contribution in [0, 0.1) is 0 Å². The van der Waals surface area contributed by atoms with Gasteiger partial charge in [0.25, 0.3) is 0 Å². The largest absolute Gasteiger partial charge is 0.459 e. The van der Waals surface area contributed by atoms with Crippen LogP contribution < -0.4 is 5.32 Å².